The van der Waals surface area contributed by atoms with Gasteiger partial charge in [-0.15, -0.1) is 0 Å². The summed E-state index contributed by atoms with van der Waals surface area (Å²) in [5, 5.41) is 92.0. The fraction of sp³-hybridized carbons (Fsp3) is 0.423. The molecule has 0 radical (unpaired) electrons. The number of aromatic hydroxyl groups is 3. The minimum absolute atomic E-state index is 0.0685. The number of rotatable bonds is 5. The van der Waals surface area contributed by atoms with Crippen LogP contribution in [0.1, 0.15) is 6.92 Å². The van der Waals surface area contributed by atoms with Crippen LogP contribution in [0.25, 0.3) is 22.3 Å². The summed E-state index contributed by atoms with van der Waals surface area (Å²) in [5.74, 6) is -3.72. The zero-order valence-electron chi connectivity index (χ0n) is 21.3. The van der Waals surface area contributed by atoms with Crippen molar-refractivity contribution in [1.29, 1.82) is 0 Å². The summed E-state index contributed by atoms with van der Waals surface area (Å²) in [6.45, 7) is 0.893. The molecule has 9 N–H and O–H groups in total. The first kappa shape index (κ1) is 28.8. The Kier molecular flexibility index (Phi) is 7.71. The molecule has 2 fully saturated rings. The molecule has 0 bridgehead atoms. The molecule has 0 unspecified atom stereocenters. The second-order valence-corrected chi connectivity index (χ2v) is 9.75. The molecule has 41 heavy (non-hydrogen) atoms. The third-order valence-corrected chi connectivity index (χ3v) is 6.92. The Labute approximate surface area is 230 Å². The maximum absolute atomic E-state index is 13.3. The number of hydrogen-bond acceptors (Lipinski definition) is 15. The normalized spacial score (nSPS) is 32.1. The first-order chi connectivity index (χ1) is 19.4. The van der Waals surface area contributed by atoms with Gasteiger partial charge in [0.05, 0.1) is 12.7 Å². The second-order valence-electron chi connectivity index (χ2n) is 9.75. The highest BCUT2D eigenvalue weighted by Crippen LogP contribution is 2.51. The molecule has 2 aliphatic rings. The lowest BCUT2D eigenvalue weighted by Crippen LogP contribution is -2.58. The van der Waals surface area contributed by atoms with E-state index >= 15 is 0 Å². The Bertz CT molecular complexity index is 1470. The second kappa shape index (κ2) is 11.0. The SMILES string of the molecule is C[C@H]1O[C@H](Oc2c(O)c(O[C@H]3OC[C@@H](O)[C@@H](O)[C@@H]3O)c(O)c3c(=O)cc(-c4ccc(O)cc4)oc23)[C@@H](O)[C@@H](O)[C@@H]1O. The first-order valence-corrected chi connectivity index (χ1v) is 12.4. The quantitative estimate of drug-likeness (QED) is 0.168. The monoisotopic (exact) mass is 580 g/mol. The number of ether oxygens (including phenoxy) is 4. The standard InChI is InChI=1S/C26H28O15/c1-8-15(30)18(33)20(35)26(38-8)41-24-21(36)23(40-25-19(34)16(31)12(29)7-37-25)17(32)14-11(28)6-13(39-22(14)24)9-2-4-10(27)5-3-9/h2-6,8,12,15-16,18-20,25-27,29-36H,7H2,1H3/t8-,12-,15-,16-,18+,19+,20+,25-,26-/m1/s1. The predicted octanol–water partition coefficient (Wildman–Crippen LogP) is -1.40. The van der Waals surface area contributed by atoms with Crippen molar-refractivity contribution in [3.8, 4) is 40.1 Å². The van der Waals surface area contributed by atoms with Crippen molar-refractivity contribution < 1.29 is 69.3 Å². The van der Waals surface area contributed by atoms with Crippen molar-refractivity contribution in [3.63, 3.8) is 0 Å². The van der Waals surface area contributed by atoms with Gasteiger partial charge in [-0.3, -0.25) is 4.79 Å². The van der Waals surface area contributed by atoms with Crippen molar-refractivity contribution >= 4 is 11.0 Å². The number of aliphatic hydroxyl groups excluding tert-OH is 6. The molecule has 0 amide bonds. The van der Waals surface area contributed by atoms with Crippen LogP contribution in [0.5, 0.6) is 28.7 Å². The Morgan fingerprint density at radius 2 is 1.41 bits per heavy atom. The summed E-state index contributed by atoms with van der Waals surface area (Å²) >= 11 is 0. The van der Waals surface area contributed by atoms with Gasteiger partial charge in [0.25, 0.3) is 0 Å². The summed E-state index contributed by atoms with van der Waals surface area (Å²) in [7, 11) is 0. The maximum atomic E-state index is 13.3. The van der Waals surface area contributed by atoms with Crippen molar-refractivity contribution in [2.24, 2.45) is 0 Å². The highest BCUT2D eigenvalue weighted by molar-refractivity contribution is 5.95. The smallest absolute Gasteiger partial charge is 0.229 e. The predicted molar refractivity (Wildman–Crippen MR) is 134 cm³/mol. The van der Waals surface area contributed by atoms with E-state index in [1.807, 2.05) is 0 Å². The van der Waals surface area contributed by atoms with Crippen LogP contribution >= 0.6 is 0 Å². The van der Waals surface area contributed by atoms with Crippen LogP contribution in [0.4, 0.5) is 0 Å². The molecule has 9 atom stereocenters. The van der Waals surface area contributed by atoms with Crippen molar-refractivity contribution in [3.05, 3.63) is 40.6 Å². The third-order valence-electron chi connectivity index (χ3n) is 6.92. The summed E-state index contributed by atoms with van der Waals surface area (Å²) < 4.78 is 27.5. The van der Waals surface area contributed by atoms with Gasteiger partial charge in [-0.2, -0.15) is 0 Å². The van der Waals surface area contributed by atoms with Crippen LogP contribution in [-0.2, 0) is 9.47 Å². The van der Waals surface area contributed by atoms with Crippen LogP contribution in [0, 0.1) is 0 Å². The molecule has 2 saturated heterocycles. The molecule has 5 rings (SSSR count). The first-order valence-electron chi connectivity index (χ1n) is 12.4. The molecule has 3 aromatic rings. The molecular weight excluding hydrogens is 552 g/mol. The van der Waals surface area contributed by atoms with E-state index in [0.717, 1.165) is 6.07 Å². The fourth-order valence-corrected chi connectivity index (χ4v) is 4.53. The van der Waals surface area contributed by atoms with E-state index in [1.54, 1.807) is 0 Å². The summed E-state index contributed by atoms with van der Waals surface area (Å²) in [6.07, 6.45) is -14.7. The van der Waals surface area contributed by atoms with Gasteiger partial charge in [-0.05, 0) is 31.2 Å². The van der Waals surface area contributed by atoms with Crippen molar-refractivity contribution in [2.45, 2.75) is 62.2 Å². The third kappa shape index (κ3) is 5.13. The molecular formula is C26H28O15. The lowest BCUT2D eigenvalue weighted by atomic mass is 10.00. The fourth-order valence-electron chi connectivity index (χ4n) is 4.53. The minimum Gasteiger partial charge on any atom is -0.508 e. The Hall–Kier alpha value is -3.67. The molecule has 0 spiro atoms. The van der Waals surface area contributed by atoms with Gasteiger partial charge >= 0.3 is 0 Å². The van der Waals surface area contributed by atoms with Crippen LogP contribution < -0.4 is 14.9 Å². The summed E-state index contributed by atoms with van der Waals surface area (Å²) in [6, 6.07) is 6.49. The van der Waals surface area contributed by atoms with E-state index in [1.165, 1.54) is 31.2 Å². The van der Waals surface area contributed by atoms with Gasteiger partial charge in [-0.1, -0.05) is 0 Å². The Morgan fingerprint density at radius 1 is 0.780 bits per heavy atom. The summed E-state index contributed by atoms with van der Waals surface area (Å²) in [4.78, 5) is 13.3. The van der Waals surface area contributed by atoms with Gasteiger partial charge in [0.1, 0.15) is 53.5 Å². The van der Waals surface area contributed by atoms with E-state index in [0.29, 0.717) is 5.56 Å². The highest BCUT2D eigenvalue weighted by atomic mass is 16.7. The molecule has 3 heterocycles. The Morgan fingerprint density at radius 3 is 2.10 bits per heavy atom. The van der Waals surface area contributed by atoms with Gasteiger partial charge in [0.2, 0.25) is 29.8 Å². The van der Waals surface area contributed by atoms with Crippen molar-refractivity contribution in [2.75, 3.05) is 6.61 Å². The highest BCUT2D eigenvalue weighted by Gasteiger charge is 2.45. The number of phenolic OH excluding ortho intramolecular Hbond substituents is 3. The van der Waals surface area contributed by atoms with Crippen LogP contribution in [0.15, 0.2) is 39.5 Å². The molecule has 222 valence electrons. The topological polar surface area (TPSA) is 249 Å². The van der Waals surface area contributed by atoms with E-state index in [9.17, 15) is 50.8 Å². The average molecular weight is 580 g/mol. The van der Waals surface area contributed by atoms with E-state index in [2.05, 4.69) is 0 Å². The van der Waals surface area contributed by atoms with Gasteiger partial charge in [0.15, 0.2) is 16.8 Å². The molecule has 15 nitrogen and oxygen atoms in total. The molecule has 15 heteroatoms. The van der Waals surface area contributed by atoms with Gasteiger partial charge < -0.3 is 69.3 Å². The minimum atomic E-state index is -1.86. The van der Waals surface area contributed by atoms with Crippen LogP contribution in [0.3, 0.4) is 0 Å². The number of benzene rings is 2. The molecule has 1 aromatic heterocycles. The van der Waals surface area contributed by atoms with E-state index in [4.69, 9.17) is 23.4 Å². The average Bonchev–Trinajstić information content (AvgIpc) is 2.94. The number of phenols is 3. The Balaban J connectivity index is 1.67. The van der Waals surface area contributed by atoms with Crippen LogP contribution in [0.2, 0.25) is 0 Å². The number of fused-ring (bicyclic) bond motifs is 1. The number of hydrogen-bond donors (Lipinski definition) is 9. The molecule has 0 saturated carbocycles. The van der Waals surface area contributed by atoms with Crippen LogP contribution in [-0.4, -0.2) is 108 Å². The lowest BCUT2D eigenvalue weighted by molar-refractivity contribution is -0.268. The van der Waals surface area contributed by atoms with Crippen molar-refractivity contribution in [1.82, 2.24) is 0 Å². The zero-order valence-corrected chi connectivity index (χ0v) is 21.3. The lowest BCUT2D eigenvalue weighted by Gasteiger charge is -2.39. The summed E-state index contributed by atoms with van der Waals surface area (Å²) in [5.41, 5.74) is -1.11. The van der Waals surface area contributed by atoms with Gasteiger partial charge in [-0.25, -0.2) is 0 Å². The largest absolute Gasteiger partial charge is 0.508 e. The molecule has 2 aromatic carbocycles. The molecule has 2 aliphatic heterocycles. The zero-order chi connectivity index (χ0) is 29.7. The van der Waals surface area contributed by atoms with Gasteiger partial charge in [0, 0.05) is 11.6 Å². The molecule has 0 aliphatic carbocycles. The van der Waals surface area contributed by atoms with E-state index in [-0.39, 0.29) is 11.5 Å². The maximum Gasteiger partial charge on any atom is 0.229 e. The number of aliphatic hydroxyl groups is 6. The van der Waals surface area contributed by atoms with E-state index < -0.39 is 101 Å².